The molecule has 0 radical (unpaired) electrons. The molecule has 1 saturated heterocycles. The molecule has 8 heteroatoms. The molecule has 0 bridgehead atoms. The molecule has 1 aliphatic heterocycles. The van der Waals surface area contributed by atoms with Crippen LogP contribution in [-0.4, -0.2) is 40.8 Å². The number of amides is 2. The first-order valence-corrected chi connectivity index (χ1v) is 8.46. The van der Waals surface area contributed by atoms with Crippen molar-refractivity contribution < 1.29 is 23.1 Å². The number of likely N-dealkylation sites (tertiary alicyclic amines) is 1. The van der Waals surface area contributed by atoms with E-state index in [0.29, 0.717) is 25.3 Å². The average molecular weight is 361 g/mol. The normalized spacial score (nSPS) is 16.8. The molecule has 7 nitrogen and oxygen atoms in total. The second-order valence-corrected chi connectivity index (χ2v) is 6.08. The van der Waals surface area contributed by atoms with Crippen molar-refractivity contribution >= 4 is 11.8 Å². The first-order chi connectivity index (χ1) is 12.5. The summed E-state index contributed by atoms with van der Waals surface area (Å²) in [5.74, 6) is 0.00427. The molecule has 1 aliphatic rings. The van der Waals surface area contributed by atoms with Gasteiger partial charge in [-0.1, -0.05) is 6.92 Å². The summed E-state index contributed by atoms with van der Waals surface area (Å²) in [5.41, 5.74) is 0.129. The molecule has 1 fully saturated rings. The Kier molecular flexibility index (Phi) is 5.50. The molecule has 2 amide bonds. The van der Waals surface area contributed by atoms with Crippen LogP contribution in [-0.2, 0) is 11.4 Å². The molecule has 1 unspecified atom stereocenters. The zero-order valence-corrected chi connectivity index (χ0v) is 14.4. The van der Waals surface area contributed by atoms with E-state index in [1.165, 1.54) is 30.5 Å². The van der Waals surface area contributed by atoms with Crippen LogP contribution >= 0.6 is 0 Å². The minimum Gasteiger partial charge on any atom is -0.484 e. The topological polar surface area (TPSA) is 84.7 Å². The SMILES string of the molecule is CCCN1CC(NC(=O)c2coc(COc3ccc(F)cc3)n2)CC1=O. The molecule has 26 heavy (non-hydrogen) atoms. The molecule has 1 N–H and O–H groups in total. The van der Waals surface area contributed by atoms with Gasteiger partial charge in [0, 0.05) is 19.5 Å². The third kappa shape index (κ3) is 4.38. The van der Waals surface area contributed by atoms with E-state index in [1.807, 2.05) is 6.92 Å². The van der Waals surface area contributed by atoms with E-state index in [9.17, 15) is 14.0 Å². The summed E-state index contributed by atoms with van der Waals surface area (Å²) < 4.78 is 23.5. The number of oxazole rings is 1. The van der Waals surface area contributed by atoms with Gasteiger partial charge in [-0.15, -0.1) is 0 Å². The fourth-order valence-electron chi connectivity index (χ4n) is 2.77. The molecule has 0 aliphatic carbocycles. The summed E-state index contributed by atoms with van der Waals surface area (Å²) in [6.07, 6.45) is 2.43. The Hall–Kier alpha value is -2.90. The van der Waals surface area contributed by atoms with Crippen LogP contribution in [0.5, 0.6) is 5.75 Å². The van der Waals surface area contributed by atoms with E-state index >= 15 is 0 Å². The number of carbonyl (C=O) groups excluding carboxylic acids is 2. The van der Waals surface area contributed by atoms with Crippen molar-refractivity contribution in [3.05, 3.63) is 47.9 Å². The Morgan fingerprint density at radius 3 is 2.92 bits per heavy atom. The molecule has 138 valence electrons. The molecule has 0 spiro atoms. The lowest BCUT2D eigenvalue weighted by atomic mass is 10.2. The Labute approximate surface area is 150 Å². The van der Waals surface area contributed by atoms with Gasteiger partial charge in [-0.05, 0) is 30.7 Å². The predicted molar refractivity (Wildman–Crippen MR) is 90.0 cm³/mol. The summed E-state index contributed by atoms with van der Waals surface area (Å²) in [7, 11) is 0. The Morgan fingerprint density at radius 2 is 2.19 bits per heavy atom. The average Bonchev–Trinajstić information content (AvgIpc) is 3.22. The van der Waals surface area contributed by atoms with Crippen LogP contribution in [0.25, 0.3) is 0 Å². The molecule has 1 aromatic heterocycles. The van der Waals surface area contributed by atoms with Gasteiger partial charge < -0.3 is 19.4 Å². The highest BCUT2D eigenvalue weighted by Crippen LogP contribution is 2.15. The number of benzene rings is 1. The minimum absolute atomic E-state index is 0.0190. The second-order valence-electron chi connectivity index (χ2n) is 6.08. The van der Waals surface area contributed by atoms with Crippen LogP contribution < -0.4 is 10.1 Å². The van der Waals surface area contributed by atoms with Crippen LogP contribution in [0.15, 0.2) is 34.9 Å². The predicted octanol–water partition coefficient (Wildman–Crippen LogP) is 2.13. The maximum absolute atomic E-state index is 12.8. The van der Waals surface area contributed by atoms with Crippen molar-refractivity contribution in [1.29, 1.82) is 0 Å². The molecular weight excluding hydrogens is 341 g/mol. The van der Waals surface area contributed by atoms with Crippen LogP contribution in [0.1, 0.15) is 36.1 Å². The van der Waals surface area contributed by atoms with Gasteiger partial charge in [-0.25, -0.2) is 9.37 Å². The van der Waals surface area contributed by atoms with E-state index in [0.717, 1.165) is 6.42 Å². The van der Waals surface area contributed by atoms with Crippen molar-refractivity contribution in [3.63, 3.8) is 0 Å². The zero-order chi connectivity index (χ0) is 18.5. The van der Waals surface area contributed by atoms with Crippen molar-refractivity contribution in [2.24, 2.45) is 0 Å². The number of nitrogens with one attached hydrogen (secondary N) is 1. The van der Waals surface area contributed by atoms with Crippen LogP contribution in [0, 0.1) is 5.82 Å². The number of halogens is 1. The lowest BCUT2D eigenvalue weighted by Gasteiger charge is -2.15. The molecular formula is C18H20FN3O4. The van der Waals surface area contributed by atoms with Gasteiger partial charge in [-0.3, -0.25) is 9.59 Å². The van der Waals surface area contributed by atoms with Gasteiger partial charge >= 0.3 is 0 Å². The second kappa shape index (κ2) is 7.99. The minimum atomic E-state index is -0.391. The fraction of sp³-hybridized carbons (Fsp3) is 0.389. The highest BCUT2D eigenvalue weighted by atomic mass is 19.1. The van der Waals surface area contributed by atoms with E-state index in [4.69, 9.17) is 9.15 Å². The Morgan fingerprint density at radius 1 is 1.42 bits per heavy atom. The molecule has 0 saturated carbocycles. The number of ether oxygens (including phenoxy) is 1. The number of nitrogens with zero attached hydrogens (tertiary/aromatic N) is 2. The largest absolute Gasteiger partial charge is 0.484 e. The first-order valence-electron chi connectivity index (χ1n) is 8.46. The summed E-state index contributed by atoms with van der Waals surface area (Å²) in [6, 6.07) is 5.33. The van der Waals surface area contributed by atoms with Gasteiger partial charge in [0.1, 0.15) is 17.8 Å². The van der Waals surface area contributed by atoms with Gasteiger partial charge in [-0.2, -0.15) is 0 Å². The standard InChI is InChI=1S/C18H20FN3O4/c1-2-7-22-9-13(8-17(22)23)20-18(24)15-10-26-16(21-15)11-25-14-5-3-12(19)4-6-14/h3-6,10,13H,2,7-9,11H2,1H3,(H,20,24). The van der Waals surface area contributed by atoms with Crippen LogP contribution in [0.4, 0.5) is 4.39 Å². The molecule has 2 heterocycles. The van der Waals surface area contributed by atoms with E-state index < -0.39 is 5.91 Å². The summed E-state index contributed by atoms with van der Waals surface area (Å²) in [6.45, 7) is 3.23. The van der Waals surface area contributed by atoms with Crippen molar-refractivity contribution in [2.45, 2.75) is 32.4 Å². The highest BCUT2D eigenvalue weighted by Gasteiger charge is 2.30. The Balaban J connectivity index is 1.51. The Bertz CT molecular complexity index is 775. The van der Waals surface area contributed by atoms with Crippen LogP contribution in [0.3, 0.4) is 0 Å². The van der Waals surface area contributed by atoms with Crippen molar-refractivity contribution in [2.75, 3.05) is 13.1 Å². The van der Waals surface area contributed by atoms with Crippen LogP contribution in [0.2, 0.25) is 0 Å². The number of carbonyl (C=O) groups is 2. The van der Waals surface area contributed by atoms with E-state index in [1.54, 1.807) is 4.90 Å². The third-order valence-electron chi connectivity index (χ3n) is 4.00. The van der Waals surface area contributed by atoms with E-state index in [2.05, 4.69) is 10.3 Å². The van der Waals surface area contributed by atoms with Gasteiger partial charge in [0.15, 0.2) is 12.3 Å². The number of aromatic nitrogens is 1. The quantitative estimate of drug-likeness (QED) is 0.817. The lowest BCUT2D eigenvalue weighted by Crippen LogP contribution is -2.37. The van der Waals surface area contributed by atoms with Gasteiger partial charge in [0.2, 0.25) is 11.8 Å². The smallest absolute Gasteiger partial charge is 0.273 e. The van der Waals surface area contributed by atoms with E-state index in [-0.39, 0.29) is 36.0 Å². The zero-order valence-electron chi connectivity index (χ0n) is 14.4. The summed E-state index contributed by atoms with van der Waals surface area (Å²) in [4.78, 5) is 29.9. The van der Waals surface area contributed by atoms with Crippen molar-refractivity contribution in [3.8, 4) is 5.75 Å². The monoisotopic (exact) mass is 361 g/mol. The third-order valence-corrected chi connectivity index (χ3v) is 4.00. The van der Waals surface area contributed by atoms with Gasteiger partial charge in [0.05, 0.1) is 6.04 Å². The maximum atomic E-state index is 12.8. The number of hydrogen-bond donors (Lipinski definition) is 1. The van der Waals surface area contributed by atoms with Crippen molar-refractivity contribution in [1.82, 2.24) is 15.2 Å². The molecule has 1 aromatic carbocycles. The maximum Gasteiger partial charge on any atom is 0.273 e. The molecule has 2 aromatic rings. The number of hydrogen-bond acceptors (Lipinski definition) is 5. The highest BCUT2D eigenvalue weighted by molar-refractivity contribution is 5.93. The summed E-state index contributed by atoms with van der Waals surface area (Å²) >= 11 is 0. The summed E-state index contributed by atoms with van der Waals surface area (Å²) in [5, 5.41) is 2.80. The lowest BCUT2D eigenvalue weighted by molar-refractivity contribution is -0.127. The molecule has 1 atom stereocenters. The fourth-order valence-corrected chi connectivity index (χ4v) is 2.77. The molecule has 3 rings (SSSR count). The first kappa shape index (κ1) is 17.9. The number of rotatable bonds is 7. The van der Waals surface area contributed by atoms with Gasteiger partial charge in [0.25, 0.3) is 5.91 Å².